The molecule has 0 spiro atoms. The monoisotopic (exact) mass is 275 g/mol. The maximum absolute atomic E-state index is 11.9. The van der Waals surface area contributed by atoms with Crippen LogP contribution in [0.15, 0.2) is 0 Å². The molecular formula is C13H25NO3S. The van der Waals surface area contributed by atoms with Gasteiger partial charge in [-0.25, -0.2) is 8.42 Å². The van der Waals surface area contributed by atoms with E-state index in [1.54, 1.807) is 20.8 Å². The SMILES string of the molecule is CC(C)(C)S(=O)(=O)CCC(=O)CC1(CN)CCC1. The van der Waals surface area contributed by atoms with Crippen molar-refractivity contribution in [1.29, 1.82) is 0 Å². The Kier molecular flexibility index (Phi) is 4.60. The number of nitrogens with two attached hydrogens (primary N) is 1. The summed E-state index contributed by atoms with van der Waals surface area (Å²) in [6, 6.07) is 0. The van der Waals surface area contributed by atoms with Gasteiger partial charge in [0.2, 0.25) is 0 Å². The summed E-state index contributed by atoms with van der Waals surface area (Å²) in [6.07, 6.45) is 3.71. The summed E-state index contributed by atoms with van der Waals surface area (Å²) in [6.45, 7) is 5.53. The van der Waals surface area contributed by atoms with Crippen molar-refractivity contribution in [2.75, 3.05) is 12.3 Å². The molecule has 18 heavy (non-hydrogen) atoms. The quantitative estimate of drug-likeness (QED) is 0.800. The fourth-order valence-corrected chi connectivity index (χ4v) is 3.30. The average Bonchev–Trinajstić information content (AvgIpc) is 2.19. The van der Waals surface area contributed by atoms with Crippen LogP contribution in [0.4, 0.5) is 0 Å². The second kappa shape index (κ2) is 5.29. The Hall–Kier alpha value is -0.420. The van der Waals surface area contributed by atoms with Crippen molar-refractivity contribution >= 4 is 15.6 Å². The highest BCUT2D eigenvalue weighted by Gasteiger charge is 2.38. The van der Waals surface area contributed by atoms with Crippen molar-refractivity contribution in [2.45, 2.75) is 57.6 Å². The van der Waals surface area contributed by atoms with Crippen LogP contribution in [0, 0.1) is 5.41 Å². The number of rotatable bonds is 6. The zero-order chi connectivity index (χ0) is 14.0. The lowest BCUT2D eigenvalue weighted by molar-refractivity contribution is -0.122. The molecule has 106 valence electrons. The molecule has 0 aliphatic heterocycles. The van der Waals surface area contributed by atoms with Gasteiger partial charge in [-0.2, -0.15) is 0 Å². The third-order valence-corrected chi connectivity index (χ3v) is 6.61. The normalized spacial score (nSPS) is 19.3. The smallest absolute Gasteiger partial charge is 0.155 e. The molecule has 5 heteroatoms. The minimum Gasteiger partial charge on any atom is -0.330 e. The highest BCUT2D eigenvalue weighted by atomic mass is 32.2. The Labute approximate surface area is 110 Å². The van der Waals surface area contributed by atoms with Gasteiger partial charge in [-0.1, -0.05) is 6.42 Å². The largest absolute Gasteiger partial charge is 0.330 e. The van der Waals surface area contributed by atoms with Gasteiger partial charge in [-0.05, 0) is 45.6 Å². The van der Waals surface area contributed by atoms with E-state index in [4.69, 9.17) is 5.73 Å². The molecule has 2 N–H and O–H groups in total. The number of Topliss-reactive ketones (excluding diaryl/α,β-unsaturated/α-hetero) is 1. The Balaban J connectivity index is 2.47. The first-order valence-electron chi connectivity index (χ1n) is 6.56. The van der Waals surface area contributed by atoms with E-state index in [1.807, 2.05) is 0 Å². The van der Waals surface area contributed by atoms with Crippen LogP contribution in [-0.4, -0.2) is 31.2 Å². The molecule has 0 aromatic heterocycles. The van der Waals surface area contributed by atoms with Crippen LogP contribution in [0.1, 0.15) is 52.9 Å². The van der Waals surface area contributed by atoms with E-state index in [0.717, 1.165) is 19.3 Å². The van der Waals surface area contributed by atoms with Crippen molar-refractivity contribution in [3.8, 4) is 0 Å². The summed E-state index contributed by atoms with van der Waals surface area (Å²) in [4.78, 5) is 11.9. The van der Waals surface area contributed by atoms with E-state index in [0.29, 0.717) is 13.0 Å². The zero-order valence-electron chi connectivity index (χ0n) is 11.7. The average molecular weight is 275 g/mol. The number of carbonyl (C=O) groups is 1. The topological polar surface area (TPSA) is 77.2 Å². The molecule has 4 nitrogen and oxygen atoms in total. The number of hydrogen-bond donors (Lipinski definition) is 1. The minimum absolute atomic E-state index is 0.0252. The first-order valence-corrected chi connectivity index (χ1v) is 8.21. The van der Waals surface area contributed by atoms with Crippen molar-refractivity contribution in [2.24, 2.45) is 11.1 Å². The third kappa shape index (κ3) is 3.54. The van der Waals surface area contributed by atoms with E-state index in [2.05, 4.69) is 0 Å². The van der Waals surface area contributed by atoms with Crippen molar-refractivity contribution < 1.29 is 13.2 Å². The number of ketones is 1. The van der Waals surface area contributed by atoms with Crippen LogP contribution in [0.3, 0.4) is 0 Å². The molecule has 0 saturated heterocycles. The molecule has 0 radical (unpaired) electrons. The number of sulfone groups is 1. The minimum atomic E-state index is -3.20. The first kappa shape index (κ1) is 15.6. The van der Waals surface area contributed by atoms with E-state index < -0.39 is 14.6 Å². The van der Waals surface area contributed by atoms with Crippen LogP contribution in [0.5, 0.6) is 0 Å². The Morgan fingerprint density at radius 1 is 1.28 bits per heavy atom. The van der Waals surface area contributed by atoms with E-state index >= 15 is 0 Å². The first-order chi connectivity index (χ1) is 8.12. The second-order valence-electron chi connectivity index (χ2n) is 6.45. The molecule has 0 amide bonds. The fourth-order valence-electron chi connectivity index (χ4n) is 2.19. The summed E-state index contributed by atoms with van der Waals surface area (Å²) in [5, 5.41) is 0. The van der Waals surface area contributed by atoms with Gasteiger partial charge < -0.3 is 5.73 Å². The summed E-state index contributed by atoms with van der Waals surface area (Å²) in [5.41, 5.74) is 5.67. The predicted molar refractivity (Wildman–Crippen MR) is 73.1 cm³/mol. The van der Waals surface area contributed by atoms with Crippen LogP contribution in [-0.2, 0) is 14.6 Å². The fraction of sp³-hybridized carbons (Fsp3) is 0.923. The second-order valence-corrected chi connectivity index (χ2v) is 9.32. The van der Waals surface area contributed by atoms with Gasteiger partial charge in [0.05, 0.1) is 10.5 Å². The van der Waals surface area contributed by atoms with E-state index in [-0.39, 0.29) is 23.4 Å². The molecule has 0 aromatic rings. The standard InChI is InChI=1S/C13H25NO3S/c1-12(2,3)18(16,17)8-5-11(15)9-13(10-14)6-4-7-13/h4-10,14H2,1-3H3. The molecule has 1 saturated carbocycles. The lowest BCUT2D eigenvalue weighted by Gasteiger charge is -2.40. The highest BCUT2D eigenvalue weighted by molar-refractivity contribution is 7.92. The van der Waals surface area contributed by atoms with Gasteiger partial charge in [-0.15, -0.1) is 0 Å². The Morgan fingerprint density at radius 2 is 1.83 bits per heavy atom. The van der Waals surface area contributed by atoms with Gasteiger partial charge in [0, 0.05) is 12.8 Å². The Bertz CT molecular complexity index is 397. The maximum Gasteiger partial charge on any atom is 0.155 e. The molecule has 0 bridgehead atoms. The van der Waals surface area contributed by atoms with E-state index in [9.17, 15) is 13.2 Å². The maximum atomic E-state index is 11.9. The summed E-state index contributed by atoms with van der Waals surface area (Å²) < 4.78 is 23.0. The molecular weight excluding hydrogens is 250 g/mol. The molecule has 1 fully saturated rings. The highest BCUT2D eigenvalue weighted by Crippen LogP contribution is 2.43. The van der Waals surface area contributed by atoms with Crippen molar-refractivity contribution in [3.05, 3.63) is 0 Å². The van der Waals surface area contributed by atoms with Gasteiger partial charge in [0.25, 0.3) is 0 Å². The molecule has 1 aliphatic rings. The number of hydrogen-bond acceptors (Lipinski definition) is 4. The number of carbonyl (C=O) groups excluding carboxylic acids is 1. The lowest BCUT2D eigenvalue weighted by atomic mass is 9.66. The molecule has 0 aromatic carbocycles. The predicted octanol–water partition coefficient (Wildman–Crippen LogP) is 1.68. The molecule has 0 atom stereocenters. The van der Waals surface area contributed by atoms with Crippen molar-refractivity contribution in [1.82, 2.24) is 0 Å². The van der Waals surface area contributed by atoms with Crippen LogP contribution < -0.4 is 5.73 Å². The summed E-state index contributed by atoms with van der Waals surface area (Å²) >= 11 is 0. The van der Waals surface area contributed by atoms with Crippen LogP contribution in [0.25, 0.3) is 0 Å². The van der Waals surface area contributed by atoms with Gasteiger partial charge in [0.1, 0.15) is 5.78 Å². The zero-order valence-corrected chi connectivity index (χ0v) is 12.5. The molecule has 1 aliphatic carbocycles. The summed E-state index contributed by atoms with van der Waals surface area (Å²) in [7, 11) is -3.20. The third-order valence-electron chi connectivity index (χ3n) is 4.00. The Morgan fingerprint density at radius 3 is 2.17 bits per heavy atom. The molecule has 0 unspecified atom stereocenters. The molecule has 0 heterocycles. The summed E-state index contributed by atoms with van der Waals surface area (Å²) in [5.74, 6) is -0.0105. The van der Waals surface area contributed by atoms with Crippen molar-refractivity contribution in [3.63, 3.8) is 0 Å². The molecule has 1 rings (SSSR count). The van der Waals surface area contributed by atoms with E-state index in [1.165, 1.54) is 0 Å². The van der Waals surface area contributed by atoms with Gasteiger partial charge in [0.15, 0.2) is 9.84 Å². The van der Waals surface area contributed by atoms with Crippen LogP contribution in [0.2, 0.25) is 0 Å². The van der Waals surface area contributed by atoms with Gasteiger partial charge in [-0.3, -0.25) is 4.79 Å². The van der Waals surface area contributed by atoms with Gasteiger partial charge >= 0.3 is 0 Å². The van der Waals surface area contributed by atoms with Crippen LogP contribution >= 0.6 is 0 Å². The lowest BCUT2D eigenvalue weighted by Crippen LogP contribution is -2.39.